The van der Waals surface area contributed by atoms with E-state index in [-0.39, 0.29) is 11.5 Å². The zero-order valence-electron chi connectivity index (χ0n) is 11.6. The monoisotopic (exact) mass is 353 g/mol. The SMILES string of the molecule is Cc1ccc(C(=O)NC(C)c2c(F)cccc2F)cc1Br. The van der Waals surface area contributed by atoms with Gasteiger partial charge >= 0.3 is 0 Å². The number of halogens is 3. The van der Waals surface area contributed by atoms with E-state index < -0.39 is 17.7 Å². The van der Waals surface area contributed by atoms with Gasteiger partial charge in [0.05, 0.1) is 6.04 Å². The summed E-state index contributed by atoms with van der Waals surface area (Å²) in [6, 6.07) is 8.01. The summed E-state index contributed by atoms with van der Waals surface area (Å²) in [6.07, 6.45) is 0. The molecule has 0 aliphatic carbocycles. The van der Waals surface area contributed by atoms with E-state index in [1.165, 1.54) is 18.2 Å². The van der Waals surface area contributed by atoms with Crippen LogP contribution < -0.4 is 5.32 Å². The van der Waals surface area contributed by atoms with Crippen LogP contribution in [0.3, 0.4) is 0 Å². The normalized spacial score (nSPS) is 12.0. The lowest BCUT2D eigenvalue weighted by Crippen LogP contribution is -2.28. The standard InChI is InChI=1S/C16H14BrF2NO/c1-9-6-7-11(8-12(9)17)16(21)20-10(2)15-13(18)4-3-5-14(15)19/h3-8,10H,1-2H3,(H,20,21). The van der Waals surface area contributed by atoms with Crippen molar-refractivity contribution in [3.05, 3.63) is 69.2 Å². The van der Waals surface area contributed by atoms with Crippen molar-refractivity contribution in [2.24, 2.45) is 0 Å². The molecule has 2 nitrogen and oxygen atoms in total. The van der Waals surface area contributed by atoms with E-state index in [9.17, 15) is 13.6 Å². The van der Waals surface area contributed by atoms with Gasteiger partial charge in [-0.1, -0.05) is 28.1 Å². The average Bonchev–Trinajstić information content (AvgIpc) is 2.41. The minimum absolute atomic E-state index is 0.142. The van der Waals surface area contributed by atoms with E-state index in [1.807, 2.05) is 6.92 Å². The van der Waals surface area contributed by atoms with Gasteiger partial charge in [-0.15, -0.1) is 0 Å². The summed E-state index contributed by atoms with van der Waals surface area (Å²) in [7, 11) is 0. The van der Waals surface area contributed by atoms with Crippen LogP contribution in [0.4, 0.5) is 8.78 Å². The molecule has 0 fully saturated rings. The average molecular weight is 354 g/mol. The molecule has 0 radical (unpaired) electrons. The molecule has 0 aliphatic rings. The first-order valence-electron chi connectivity index (χ1n) is 6.41. The van der Waals surface area contributed by atoms with Gasteiger partial charge in [-0.05, 0) is 43.7 Å². The summed E-state index contributed by atoms with van der Waals surface area (Å²) >= 11 is 3.35. The first kappa shape index (κ1) is 15.6. The van der Waals surface area contributed by atoms with Gasteiger partial charge in [0.1, 0.15) is 11.6 Å². The predicted octanol–water partition coefficient (Wildman–Crippen LogP) is 4.53. The Morgan fingerprint density at radius 1 is 1.19 bits per heavy atom. The van der Waals surface area contributed by atoms with Crippen molar-refractivity contribution in [2.75, 3.05) is 0 Å². The van der Waals surface area contributed by atoms with Crippen molar-refractivity contribution >= 4 is 21.8 Å². The highest BCUT2D eigenvalue weighted by atomic mass is 79.9. The molecule has 0 saturated heterocycles. The van der Waals surface area contributed by atoms with E-state index in [4.69, 9.17) is 0 Å². The summed E-state index contributed by atoms with van der Waals surface area (Å²) in [5.41, 5.74) is 1.29. The fraction of sp³-hybridized carbons (Fsp3) is 0.188. The first-order chi connectivity index (χ1) is 9.90. The lowest BCUT2D eigenvalue weighted by Gasteiger charge is -2.16. The van der Waals surface area contributed by atoms with Gasteiger partial charge in [0.15, 0.2) is 0 Å². The summed E-state index contributed by atoms with van der Waals surface area (Å²) in [5.74, 6) is -1.73. The molecular formula is C16H14BrF2NO. The van der Waals surface area contributed by atoms with Gasteiger partial charge in [-0.3, -0.25) is 4.79 Å². The molecule has 2 aromatic rings. The number of carbonyl (C=O) groups is 1. The third-order valence-electron chi connectivity index (χ3n) is 3.21. The van der Waals surface area contributed by atoms with Crippen LogP contribution in [0.1, 0.15) is 34.5 Å². The Morgan fingerprint density at radius 3 is 2.38 bits per heavy atom. The van der Waals surface area contributed by atoms with E-state index >= 15 is 0 Å². The highest BCUT2D eigenvalue weighted by Gasteiger charge is 2.18. The Kier molecular flexibility index (Phi) is 4.73. The van der Waals surface area contributed by atoms with Crippen LogP contribution in [0.15, 0.2) is 40.9 Å². The van der Waals surface area contributed by atoms with Crippen LogP contribution in [0.5, 0.6) is 0 Å². The third-order valence-corrected chi connectivity index (χ3v) is 4.07. The molecule has 0 saturated carbocycles. The van der Waals surface area contributed by atoms with Crippen LogP contribution >= 0.6 is 15.9 Å². The van der Waals surface area contributed by atoms with Crippen molar-refractivity contribution in [2.45, 2.75) is 19.9 Å². The topological polar surface area (TPSA) is 29.1 Å². The molecule has 2 aromatic carbocycles. The molecule has 1 unspecified atom stereocenters. The van der Waals surface area contributed by atoms with Gasteiger partial charge in [-0.2, -0.15) is 0 Å². The summed E-state index contributed by atoms with van der Waals surface area (Å²) in [6.45, 7) is 3.45. The van der Waals surface area contributed by atoms with Crippen LogP contribution in [0, 0.1) is 18.6 Å². The predicted molar refractivity (Wildman–Crippen MR) is 81.1 cm³/mol. The van der Waals surface area contributed by atoms with E-state index in [0.717, 1.165) is 10.0 Å². The minimum Gasteiger partial charge on any atom is -0.345 e. The fourth-order valence-electron chi connectivity index (χ4n) is 2.01. The molecule has 21 heavy (non-hydrogen) atoms. The number of rotatable bonds is 3. The molecule has 0 spiro atoms. The third kappa shape index (κ3) is 3.47. The molecule has 5 heteroatoms. The maximum atomic E-state index is 13.7. The zero-order valence-corrected chi connectivity index (χ0v) is 13.2. The fourth-order valence-corrected chi connectivity index (χ4v) is 2.39. The Hall–Kier alpha value is -1.75. The Labute approximate surface area is 130 Å². The number of hydrogen-bond donors (Lipinski definition) is 1. The smallest absolute Gasteiger partial charge is 0.251 e. The molecule has 0 aliphatic heterocycles. The highest BCUT2D eigenvalue weighted by molar-refractivity contribution is 9.10. The van der Waals surface area contributed by atoms with Crippen LogP contribution in [0.2, 0.25) is 0 Å². The lowest BCUT2D eigenvalue weighted by atomic mass is 10.1. The second-order valence-electron chi connectivity index (χ2n) is 4.79. The van der Waals surface area contributed by atoms with Crippen LogP contribution in [-0.2, 0) is 0 Å². The number of amides is 1. The Balaban J connectivity index is 2.21. The summed E-state index contributed by atoms with van der Waals surface area (Å²) < 4.78 is 28.1. The Morgan fingerprint density at radius 2 is 1.81 bits per heavy atom. The summed E-state index contributed by atoms with van der Waals surface area (Å²) in [4.78, 5) is 12.1. The molecule has 110 valence electrons. The van der Waals surface area contributed by atoms with Crippen molar-refractivity contribution < 1.29 is 13.6 Å². The van der Waals surface area contributed by atoms with Gasteiger partial charge < -0.3 is 5.32 Å². The first-order valence-corrected chi connectivity index (χ1v) is 7.20. The molecule has 0 bridgehead atoms. The van der Waals surface area contributed by atoms with Crippen molar-refractivity contribution in [3.8, 4) is 0 Å². The molecule has 1 amide bonds. The highest BCUT2D eigenvalue weighted by Crippen LogP contribution is 2.22. The van der Waals surface area contributed by atoms with Gasteiger partial charge in [0, 0.05) is 15.6 Å². The number of aryl methyl sites for hydroxylation is 1. The van der Waals surface area contributed by atoms with E-state index in [0.29, 0.717) is 5.56 Å². The van der Waals surface area contributed by atoms with Gasteiger partial charge in [0.25, 0.3) is 5.91 Å². The molecule has 1 atom stereocenters. The van der Waals surface area contributed by atoms with E-state index in [2.05, 4.69) is 21.2 Å². The van der Waals surface area contributed by atoms with Crippen molar-refractivity contribution in [1.29, 1.82) is 0 Å². The second kappa shape index (κ2) is 6.35. The van der Waals surface area contributed by atoms with Crippen LogP contribution in [0.25, 0.3) is 0 Å². The maximum Gasteiger partial charge on any atom is 0.251 e. The quantitative estimate of drug-likeness (QED) is 0.862. The van der Waals surface area contributed by atoms with Crippen molar-refractivity contribution in [3.63, 3.8) is 0 Å². The molecule has 0 aromatic heterocycles. The zero-order chi connectivity index (χ0) is 15.6. The lowest BCUT2D eigenvalue weighted by molar-refractivity contribution is 0.0938. The number of nitrogens with one attached hydrogen (secondary N) is 1. The second-order valence-corrected chi connectivity index (χ2v) is 5.65. The summed E-state index contributed by atoms with van der Waals surface area (Å²) in [5, 5.41) is 2.60. The van der Waals surface area contributed by atoms with E-state index in [1.54, 1.807) is 25.1 Å². The Bertz CT molecular complexity index is 668. The van der Waals surface area contributed by atoms with Crippen molar-refractivity contribution in [1.82, 2.24) is 5.32 Å². The van der Waals surface area contributed by atoms with Gasteiger partial charge in [0.2, 0.25) is 0 Å². The number of carbonyl (C=O) groups excluding carboxylic acids is 1. The number of hydrogen-bond acceptors (Lipinski definition) is 1. The minimum atomic E-state index is -0.765. The largest absolute Gasteiger partial charge is 0.345 e. The van der Waals surface area contributed by atoms with Crippen LogP contribution in [-0.4, -0.2) is 5.91 Å². The molecule has 1 N–H and O–H groups in total. The molecule has 0 heterocycles. The molecular weight excluding hydrogens is 340 g/mol. The molecule has 2 rings (SSSR count). The maximum absolute atomic E-state index is 13.7. The number of benzene rings is 2. The van der Waals surface area contributed by atoms with Gasteiger partial charge in [-0.25, -0.2) is 8.78 Å².